The van der Waals surface area contributed by atoms with Gasteiger partial charge in [-0.25, -0.2) is 12.8 Å². The number of carbonyl (C=O) groups is 2. The molecular weight excluding hydrogens is 481 g/mol. The monoisotopic (exact) mass is 511 g/mol. The maximum absolute atomic E-state index is 13.7. The van der Waals surface area contributed by atoms with E-state index in [9.17, 15) is 22.4 Å². The number of rotatable bonds is 10. The van der Waals surface area contributed by atoms with Crippen LogP contribution in [0.2, 0.25) is 0 Å². The number of likely N-dealkylation sites (N-methyl/N-ethyl adjacent to an activating group) is 1. The van der Waals surface area contributed by atoms with E-state index in [1.807, 2.05) is 31.2 Å². The molecule has 0 heterocycles. The van der Waals surface area contributed by atoms with Crippen molar-refractivity contribution in [1.29, 1.82) is 0 Å². The van der Waals surface area contributed by atoms with E-state index in [0.29, 0.717) is 6.42 Å². The van der Waals surface area contributed by atoms with Crippen LogP contribution in [0.3, 0.4) is 0 Å². The van der Waals surface area contributed by atoms with E-state index in [2.05, 4.69) is 5.32 Å². The van der Waals surface area contributed by atoms with Gasteiger partial charge in [0.15, 0.2) is 0 Å². The minimum absolute atomic E-state index is 0.00875. The number of carbonyl (C=O) groups excluding carboxylic acids is 2. The Bertz CT molecular complexity index is 1280. The first kappa shape index (κ1) is 26.9. The van der Waals surface area contributed by atoms with Gasteiger partial charge in [0.1, 0.15) is 18.4 Å². The van der Waals surface area contributed by atoms with Gasteiger partial charge in [-0.3, -0.25) is 13.9 Å². The zero-order valence-electron chi connectivity index (χ0n) is 20.5. The van der Waals surface area contributed by atoms with Gasteiger partial charge < -0.3 is 10.2 Å². The first-order valence-corrected chi connectivity index (χ1v) is 13.0. The number of nitrogens with one attached hydrogen (secondary N) is 1. The summed E-state index contributed by atoms with van der Waals surface area (Å²) in [6.45, 7) is 3.28. The Balaban J connectivity index is 2.03. The van der Waals surface area contributed by atoms with E-state index < -0.39 is 34.3 Å². The Hall–Kier alpha value is -3.72. The van der Waals surface area contributed by atoms with Gasteiger partial charge in [-0.15, -0.1) is 0 Å². The summed E-state index contributed by atoms with van der Waals surface area (Å²) in [5.74, 6) is -1.44. The quantitative estimate of drug-likeness (QED) is 0.448. The summed E-state index contributed by atoms with van der Waals surface area (Å²) in [6.07, 6.45) is 0.333. The number of hydrogen-bond donors (Lipinski definition) is 1. The highest BCUT2D eigenvalue weighted by atomic mass is 32.2. The van der Waals surface area contributed by atoms with Crippen LogP contribution in [-0.4, -0.2) is 44.8 Å². The molecule has 0 aromatic heterocycles. The molecular formula is C27H30FN3O4S. The molecule has 1 atom stereocenters. The molecule has 0 aliphatic carbocycles. The predicted octanol–water partition coefficient (Wildman–Crippen LogP) is 3.88. The van der Waals surface area contributed by atoms with E-state index in [-0.39, 0.29) is 23.0 Å². The van der Waals surface area contributed by atoms with Gasteiger partial charge >= 0.3 is 0 Å². The Kier molecular flexibility index (Phi) is 8.82. The van der Waals surface area contributed by atoms with Crippen molar-refractivity contribution in [3.05, 3.63) is 95.8 Å². The summed E-state index contributed by atoms with van der Waals surface area (Å²) in [7, 11) is -2.68. The lowest BCUT2D eigenvalue weighted by molar-refractivity contribution is -0.140. The molecule has 0 aliphatic rings. The van der Waals surface area contributed by atoms with Crippen LogP contribution in [0.4, 0.5) is 10.1 Å². The Morgan fingerprint density at radius 1 is 0.944 bits per heavy atom. The highest BCUT2D eigenvalue weighted by molar-refractivity contribution is 7.92. The van der Waals surface area contributed by atoms with Gasteiger partial charge in [-0.05, 0) is 55.3 Å². The summed E-state index contributed by atoms with van der Waals surface area (Å²) < 4.78 is 41.7. The van der Waals surface area contributed by atoms with Crippen LogP contribution in [-0.2, 0) is 26.2 Å². The van der Waals surface area contributed by atoms with Crippen molar-refractivity contribution in [2.24, 2.45) is 0 Å². The van der Waals surface area contributed by atoms with Gasteiger partial charge in [-0.2, -0.15) is 0 Å². The second kappa shape index (κ2) is 11.8. The number of benzene rings is 3. The van der Waals surface area contributed by atoms with Crippen molar-refractivity contribution in [1.82, 2.24) is 10.2 Å². The lowest BCUT2D eigenvalue weighted by atomic mass is 10.1. The van der Waals surface area contributed by atoms with Crippen LogP contribution >= 0.6 is 0 Å². The first-order chi connectivity index (χ1) is 17.2. The average Bonchev–Trinajstić information content (AvgIpc) is 2.89. The molecule has 0 saturated heterocycles. The SMILES string of the molecule is CC[C@@H](C(=O)NC)N(Cc1ccc(C)cc1)C(=O)CN(c1ccc(F)cc1)S(=O)(=O)c1ccccc1. The van der Waals surface area contributed by atoms with Crippen molar-refractivity contribution < 1.29 is 22.4 Å². The predicted molar refractivity (Wildman–Crippen MR) is 137 cm³/mol. The maximum atomic E-state index is 13.7. The third-order valence-corrected chi connectivity index (χ3v) is 7.62. The summed E-state index contributed by atoms with van der Waals surface area (Å²) in [4.78, 5) is 27.8. The molecule has 1 N–H and O–H groups in total. The van der Waals surface area contributed by atoms with Gasteiger partial charge in [-0.1, -0.05) is 55.0 Å². The lowest BCUT2D eigenvalue weighted by Crippen LogP contribution is -2.51. The molecule has 2 amide bonds. The number of hydrogen-bond acceptors (Lipinski definition) is 4. The molecule has 190 valence electrons. The molecule has 7 nitrogen and oxygen atoms in total. The number of amides is 2. The molecule has 0 unspecified atom stereocenters. The first-order valence-electron chi connectivity index (χ1n) is 11.6. The van der Waals surface area contributed by atoms with Gasteiger partial charge in [0.05, 0.1) is 10.6 Å². The molecule has 3 aromatic rings. The third-order valence-electron chi connectivity index (χ3n) is 5.83. The number of halogens is 1. The smallest absolute Gasteiger partial charge is 0.264 e. The van der Waals surface area contributed by atoms with Gasteiger partial charge in [0.25, 0.3) is 10.0 Å². The topological polar surface area (TPSA) is 86.8 Å². The lowest BCUT2D eigenvalue weighted by Gasteiger charge is -2.33. The van der Waals surface area contributed by atoms with Crippen LogP contribution in [0.15, 0.2) is 83.8 Å². The molecule has 9 heteroatoms. The number of nitrogens with zero attached hydrogens (tertiary/aromatic N) is 2. The fraction of sp³-hybridized carbons (Fsp3) is 0.259. The van der Waals surface area contributed by atoms with Crippen molar-refractivity contribution >= 4 is 27.5 Å². The molecule has 0 fully saturated rings. The third kappa shape index (κ3) is 6.28. The average molecular weight is 512 g/mol. The Labute approximate surface area is 211 Å². The Morgan fingerprint density at radius 2 is 1.56 bits per heavy atom. The highest BCUT2D eigenvalue weighted by Crippen LogP contribution is 2.25. The second-order valence-corrected chi connectivity index (χ2v) is 10.2. The highest BCUT2D eigenvalue weighted by Gasteiger charge is 2.33. The number of aryl methyl sites for hydroxylation is 1. The van der Waals surface area contributed by atoms with Gasteiger partial charge in [0, 0.05) is 13.6 Å². The largest absolute Gasteiger partial charge is 0.357 e. The fourth-order valence-corrected chi connectivity index (χ4v) is 5.27. The summed E-state index contributed by atoms with van der Waals surface area (Å²) in [6, 6.07) is 19.3. The molecule has 0 radical (unpaired) electrons. The van der Waals surface area contributed by atoms with Crippen LogP contribution in [0.5, 0.6) is 0 Å². The normalized spacial score (nSPS) is 12.0. The van der Waals surface area contributed by atoms with Crippen LogP contribution < -0.4 is 9.62 Å². The molecule has 0 saturated carbocycles. The Morgan fingerprint density at radius 3 is 2.11 bits per heavy atom. The minimum atomic E-state index is -4.17. The molecule has 36 heavy (non-hydrogen) atoms. The van der Waals surface area contributed by atoms with E-state index in [4.69, 9.17) is 0 Å². The van der Waals surface area contributed by atoms with Crippen molar-refractivity contribution in [2.45, 2.75) is 37.8 Å². The second-order valence-electron chi connectivity index (χ2n) is 8.35. The van der Waals surface area contributed by atoms with Crippen LogP contribution in [0.25, 0.3) is 0 Å². The van der Waals surface area contributed by atoms with E-state index in [1.165, 1.54) is 36.2 Å². The number of sulfonamides is 1. The summed E-state index contributed by atoms with van der Waals surface area (Å²) in [5.41, 5.74) is 1.99. The molecule has 0 bridgehead atoms. The standard InChI is InChI=1S/C27H30FN3O4S/c1-4-25(27(33)29-3)30(18-21-12-10-20(2)11-13-21)26(32)19-31(23-16-14-22(28)15-17-23)36(34,35)24-8-6-5-7-9-24/h5-17,25H,4,18-19H2,1-3H3,(H,29,33)/t25-/m0/s1. The van der Waals surface area contributed by atoms with Crippen molar-refractivity contribution in [2.75, 3.05) is 17.9 Å². The van der Waals surface area contributed by atoms with Crippen molar-refractivity contribution in [3.8, 4) is 0 Å². The fourth-order valence-electron chi connectivity index (χ4n) is 3.83. The molecule has 0 spiro atoms. The summed E-state index contributed by atoms with van der Waals surface area (Å²) in [5, 5.41) is 2.59. The van der Waals surface area contributed by atoms with Crippen LogP contribution in [0, 0.1) is 12.7 Å². The van der Waals surface area contributed by atoms with E-state index >= 15 is 0 Å². The van der Waals surface area contributed by atoms with Gasteiger partial charge in [0.2, 0.25) is 11.8 Å². The molecule has 3 aromatic carbocycles. The maximum Gasteiger partial charge on any atom is 0.264 e. The van der Waals surface area contributed by atoms with E-state index in [1.54, 1.807) is 25.1 Å². The molecule has 0 aliphatic heterocycles. The van der Waals surface area contributed by atoms with E-state index in [0.717, 1.165) is 27.6 Å². The number of anilines is 1. The minimum Gasteiger partial charge on any atom is -0.357 e. The zero-order chi connectivity index (χ0) is 26.3. The molecule has 3 rings (SSSR count). The zero-order valence-corrected chi connectivity index (χ0v) is 21.3. The van der Waals surface area contributed by atoms with Crippen LogP contribution in [0.1, 0.15) is 24.5 Å². The van der Waals surface area contributed by atoms with Crippen molar-refractivity contribution in [3.63, 3.8) is 0 Å². The summed E-state index contributed by atoms with van der Waals surface area (Å²) >= 11 is 0.